The Morgan fingerprint density at radius 3 is 2.50 bits per heavy atom. The van der Waals surface area contributed by atoms with Crippen LogP contribution in [0.4, 0.5) is 5.69 Å². The molecular weight excluding hydrogens is 196 g/mol. The third kappa shape index (κ3) is 1.65. The van der Waals surface area contributed by atoms with Crippen molar-refractivity contribution in [3.63, 3.8) is 0 Å². The van der Waals surface area contributed by atoms with E-state index in [2.05, 4.69) is 17.7 Å². The van der Waals surface area contributed by atoms with Crippen LogP contribution in [0.15, 0.2) is 34.3 Å². The van der Waals surface area contributed by atoms with Gasteiger partial charge in [0.2, 0.25) is 0 Å². The van der Waals surface area contributed by atoms with E-state index < -0.39 is 0 Å². The lowest BCUT2D eigenvalue weighted by molar-refractivity contribution is -0.116. The monoisotopic (exact) mass is 206 g/mol. The summed E-state index contributed by atoms with van der Waals surface area (Å²) in [5.74, 6) is 0.0226. The molecule has 1 aliphatic rings. The number of carbonyl (C=O) groups is 1. The standard InChI is InChI=1S/C10H10N2OS/c1-7-6-10(13)12(11-7)8-2-4-9(14)5-3-8/h2-5,14H,6H2,1H3. The van der Waals surface area contributed by atoms with E-state index in [1.807, 2.05) is 31.2 Å². The number of nitrogens with zero attached hydrogens (tertiary/aromatic N) is 2. The number of hydrogen-bond acceptors (Lipinski definition) is 3. The Labute approximate surface area is 87.8 Å². The van der Waals surface area contributed by atoms with Crippen LogP contribution in [0, 0.1) is 0 Å². The Morgan fingerprint density at radius 2 is 2.00 bits per heavy atom. The SMILES string of the molecule is CC1=NN(c2ccc(S)cc2)C(=O)C1. The first-order valence-corrected chi connectivity index (χ1v) is 4.77. The molecule has 1 aromatic rings. The van der Waals surface area contributed by atoms with Gasteiger partial charge in [-0.3, -0.25) is 4.79 Å². The van der Waals surface area contributed by atoms with Gasteiger partial charge < -0.3 is 0 Å². The topological polar surface area (TPSA) is 32.7 Å². The molecular formula is C10H10N2OS. The van der Waals surface area contributed by atoms with Crippen molar-refractivity contribution >= 4 is 29.9 Å². The van der Waals surface area contributed by atoms with E-state index in [-0.39, 0.29) is 5.91 Å². The van der Waals surface area contributed by atoms with Crippen molar-refractivity contribution in [3.05, 3.63) is 24.3 Å². The van der Waals surface area contributed by atoms with Gasteiger partial charge >= 0.3 is 0 Å². The first-order valence-electron chi connectivity index (χ1n) is 4.33. The smallest absolute Gasteiger partial charge is 0.253 e. The number of rotatable bonds is 1. The Kier molecular flexibility index (Phi) is 2.29. The van der Waals surface area contributed by atoms with Gasteiger partial charge in [-0.1, -0.05) is 0 Å². The fourth-order valence-corrected chi connectivity index (χ4v) is 1.50. The highest BCUT2D eigenvalue weighted by Crippen LogP contribution is 2.21. The quantitative estimate of drug-likeness (QED) is 0.701. The van der Waals surface area contributed by atoms with E-state index in [4.69, 9.17) is 0 Å². The first kappa shape index (κ1) is 9.27. The van der Waals surface area contributed by atoms with E-state index >= 15 is 0 Å². The normalized spacial score (nSPS) is 16.0. The van der Waals surface area contributed by atoms with Gasteiger partial charge in [-0.15, -0.1) is 12.6 Å². The molecule has 0 radical (unpaired) electrons. The summed E-state index contributed by atoms with van der Waals surface area (Å²) in [4.78, 5) is 12.3. The van der Waals surface area contributed by atoms with Crippen molar-refractivity contribution in [2.24, 2.45) is 5.10 Å². The molecule has 1 aromatic carbocycles. The molecule has 0 saturated carbocycles. The van der Waals surface area contributed by atoms with Gasteiger partial charge in [0.25, 0.3) is 5.91 Å². The van der Waals surface area contributed by atoms with Gasteiger partial charge in [-0.2, -0.15) is 5.10 Å². The Morgan fingerprint density at radius 1 is 1.36 bits per heavy atom. The molecule has 14 heavy (non-hydrogen) atoms. The minimum absolute atomic E-state index is 0.0226. The van der Waals surface area contributed by atoms with E-state index in [0.717, 1.165) is 16.3 Å². The number of carbonyl (C=O) groups excluding carboxylic acids is 1. The summed E-state index contributed by atoms with van der Waals surface area (Å²) in [6.45, 7) is 1.85. The van der Waals surface area contributed by atoms with Crippen LogP contribution >= 0.6 is 12.6 Å². The van der Waals surface area contributed by atoms with Crippen molar-refractivity contribution in [1.82, 2.24) is 0 Å². The maximum absolute atomic E-state index is 11.5. The summed E-state index contributed by atoms with van der Waals surface area (Å²) >= 11 is 4.18. The molecule has 1 aliphatic heterocycles. The van der Waals surface area contributed by atoms with Crippen molar-refractivity contribution < 1.29 is 4.79 Å². The van der Waals surface area contributed by atoms with Gasteiger partial charge in [0.1, 0.15) is 0 Å². The lowest BCUT2D eigenvalue weighted by Crippen LogP contribution is -2.19. The second kappa shape index (κ2) is 3.46. The summed E-state index contributed by atoms with van der Waals surface area (Å²) in [5.41, 5.74) is 1.65. The fraction of sp³-hybridized carbons (Fsp3) is 0.200. The summed E-state index contributed by atoms with van der Waals surface area (Å²) in [6, 6.07) is 7.36. The van der Waals surface area contributed by atoms with Crippen molar-refractivity contribution in [2.45, 2.75) is 18.2 Å². The second-order valence-electron chi connectivity index (χ2n) is 3.23. The zero-order valence-corrected chi connectivity index (χ0v) is 8.66. The van der Waals surface area contributed by atoms with Crippen LogP contribution in [-0.4, -0.2) is 11.6 Å². The molecule has 2 rings (SSSR count). The minimum Gasteiger partial charge on any atom is -0.272 e. The Bertz CT molecular complexity index is 397. The zero-order valence-electron chi connectivity index (χ0n) is 7.77. The van der Waals surface area contributed by atoms with Crippen LogP contribution in [0.5, 0.6) is 0 Å². The molecule has 3 nitrogen and oxygen atoms in total. The number of benzene rings is 1. The van der Waals surface area contributed by atoms with E-state index in [1.165, 1.54) is 5.01 Å². The Hall–Kier alpha value is -1.29. The van der Waals surface area contributed by atoms with Crippen molar-refractivity contribution in [1.29, 1.82) is 0 Å². The minimum atomic E-state index is 0.0226. The molecule has 72 valence electrons. The van der Waals surface area contributed by atoms with Crippen molar-refractivity contribution in [2.75, 3.05) is 5.01 Å². The molecule has 0 fully saturated rings. The molecule has 4 heteroatoms. The first-order chi connectivity index (χ1) is 6.66. The second-order valence-corrected chi connectivity index (χ2v) is 3.75. The van der Waals surface area contributed by atoms with Crippen molar-refractivity contribution in [3.8, 4) is 0 Å². The van der Waals surface area contributed by atoms with Gasteiger partial charge in [0.05, 0.1) is 12.1 Å². The molecule has 1 heterocycles. The van der Waals surface area contributed by atoms with Crippen LogP contribution in [0.1, 0.15) is 13.3 Å². The molecule has 0 unspecified atom stereocenters. The average Bonchev–Trinajstić information content (AvgIpc) is 2.47. The highest BCUT2D eigenvalue weighted by Gasteiger charge is 2.22. The molecule has 0 aromatic heterocycles. The van der Waals surface area contributed by atoms with Crippen LogP contribution in [-0.2, 0) is 4.79 Å². The largest absolute Gasteiger partial charge is 0.272 e. The molecule has 1 amide bonds. The summed E-state index contributed by atoms with van der Waals surface area (Å²) in [5, 5.41) is 5.58. The van der Waals surface area contributed by atoms with Gasteiger partial charge in [0.15, 0.2) is 0 Å². The maximum atomic E-state index is 11.5. The molecule has 0 atom stereocenters. The predicted octanol–water partition coefficient (Wildman–Crippen LogP) is 2.09. The number of hydrazone groups is 1. The van der Waals surface area contributed by atoms with Gasteiger partial charge in [-0.05, 0) is 31.2 Å². The highest BCUT2D eigenvalue weighted by atomic mass is 32.1. The van der Waals surface area contributed by atoms with Gasteiger partial charge in [-0.25, -0.2) is 5.01 Å². The van der Waals surface area contributed by atoms with Crippen LogP contribution < -0.4 is 5.01 Å². The molecule has 0 aliphatic carbocycles. The van der Waals surface area contributed by atoms with Crippen LogP contribution in [0.3, 0.4) is 0 Å². The summed E-state index contributed by atoms with van der Waals surface area (Å²) in [7, 11) is 0. The zero-order chi connectivity index (χ0) is 10.1. The molecule has 0 spiro atoms. The maximum Gasteiger partial charge on any atom is 0.253 e. The van der Waals surface area contributed by atoms with Gasteiger partial charge in [0, 0.05) is 10.6 Å². The number of amides is 1. The molecule has 0 saturated heterocycles. The lowest BCUT2D eigenvalue weighted by Gasteiger charge is -2.11. The lowest BCUT2D eigenvalue weighted by atomic mass is 10.3. The van der Waals surface area contributed by atoms with Crippen LogP contribution in [0.2, 0.25) is 0 Å². The molecule has 0 bridgehead atoms. The highest BCUT2D eigenvalue weighted by molar-refractivity contribution is 7.80. The molecule has 0 N–H and O–H groups in total. The Balaban J connectivity index is 2.32. The van der Waals surface area contributed by atoms with E-state index in [0.29, 0.717) is 6.42 Å². The van der Waals surface area contributed by atoms with Crippen LogP contribution in [0.25, 0.3) is 0 Å². The number of anilines is 1. The number of hydrogen-bond donors (Lipinski definition) is 1. The summed E-state index contributed by atoms with van der Waals surface area (Å²) in [6.07, 6.45) is 0.419. The third-order valence-corrected chi connectivity index (χ3v) is 2.31. The number of thiol groups is 1. The third-order valence-electron chi connectivity index (χ3n) is 2.01. The van der Waals surface area contributed by atoms with E-state index in [1.54, 1.807) is 0 Å². The predicted molar refractivity (Wildman–Crippen MR) is 58.9 cm³/mol. The fourth-order valence-electron chi connectivity index (χ4n) is 1.35. The average molecular weight is 206 g/mol. The summed E-state index contributed by atoms with van der Waals surface area (Å²) < 4.78 is 0. The van der Waals surface area contributed by atoms with E-state index in [9.17, 15) is 4.79 Å².